The highest BCUT2D eigenvalue weighted by Gasteiger charge is 2.41. The van der Waals surface area contributed by atoms with E-state index in [1.165, 1.54) is 0 Å². The monoisotopic (exact) mass is 226 g/mol. The van der Waals surface area contributed by atoms with Gasteiger partial charge in [0, 0.05) is 24.1 Å². The normalized spacial score (nSPS) is 30.4. The maximum atomic E-state index is 6.44. The predicted molar refractivity (Wildman–Crippen MR) is 62.0 cm³/mol. The number of hydrogen-bond acceptors (Lipinski definition) is 4. The minimum Gasteiger partial charge on any atom is -0.375 e. The first-order valence-electron chi connectivity index (χ1n) is 5.27. The summed E-state index contributed by atoms with van der Waals surface area (Å²) in [6.45, 7) is 6.92. The Morgan fingerprint density at radius 2 is 2.27 bits per heavy atom. The van der Waals surface area contributed by atoms with Gasteiger partial charge in [-0.05, 0) is 27.2 Å². The van der Waals surface area contributed by atoms with E-state index in [2.05, 4.69) is 24.2 Å². The van der Waals surface area contributed by atoms with Crippen molar-refractivity contribution >= 4 is 11.3 Å². The van der Waals surface area contributed by atoms with Crippen molar-refractivity contribution in [2.24, 2.45) is 5.73 Å². The molecule has 3 nitrogen and oxygen atoms in total. The van der Waals surface area contributed by atoms with Crippen LogP contribution in [0.2, 0.25) is 0 Å². The average molecular weight is 226 g/mol. The average Bonchev–Trinajstić information content (AvgIpc) is 2.49. The molecule has 1 fully saturated rings. The summed E-state index contributed by atoms with van der Waals surface area (Å²) in [4.78, 5) is 4.51. The highest BCUT2D eigenvalue weighted by atomic mass is 32.1. The molecule has 1 unspecified atom stereocenters. The second kappa shape index (κ2) is 3.54. The molecule has 1 aromatic heterocycles. The summed E-state index contributed by atoms with van der Waals surface area (Å²) in [6, 6.07) is 0. The molecule has 1 aromatic rings. The maximum absolute atomic E-state index is 6.44. The third-order valence-corrected chi connectivity index (χ3v) is 4.01. The Hall–Kier alpha value is -0.450. The molecule has 2 heterocycles. The van der Waals surface area contributed by atoms with Crippen molar-refractivity contribution in [2.75, 3.05) is 6.61 Å². The van der Waals surface area contributed by atoms with Crippen LogP contribution >= 0.6 is 11.3 Å². The van der Waals surface area contributed by atoms with Gasteiger partial charge in [0.25, 0.3) is 0 Å². The Balaban J connectivity index is 2.26. The summed E-state index contributed by atoms with van der Waals surface area (Å²) in [5.74, 6) is 0. The smallest absolute Gasteiger partial charge is 0.113 e. The van der Waals surface area contributed by atoms with Crippen LogP contribution in [0.25, 0.3) is 0 Å². The highest BCUT2D eigenvalue weighted by Crippen LogP contribution is 2.38. The van der Waals surface area contributed by atoms with Crippen molar-refractivity contribution in [3.63, 3.8) is 0 Å². The lowest BCUT2D eigenvalue weighted by atomic mass is 9.82. The van der Waals surface area contributed by atoms with Gasteiger partial charge in [0.2, 0.25) is 0 Å². The fourth-order valence-corrected chi connectivity index (χ4v) is 3.11. The lowest BCUT2D eigenvalue weighted by Gasteiger charge is -2.41. The topological polar surface area (TPSA) is 48.1 Å². The summed E-state index contributed by atoms with van der Waals surface area (Å²) < 4.78 is 5.69. The minimum atomic E-state index is -0.291. The maximum Gasteiger partial charge on any atom is 0.113 e. The van der Waals surface area contributed by atoms with Crippen molar-refractivity contribution in [3.8, 4) is 0 Å². The molecule has 4 heteroatoms. The Kier molecular flexibility index (Phi) is 2.61. The van der Waals surface area contributed by atoms with E-state index in [4.69, 9.17) is 10.5 Å². The number of aryl methyl sites for hydroxylation is 1. The highest BCUT2D eigenvalue weighted by molar-refractivity contribution is 7.09. The first kappa shape index (κ1) is 11.0. The Labute approximate surface area is 94.7 Å². The summed E-state index contributed by atoms with van der Waals surface area (Å²) in [5, 5.41) is 3.11. The first-order valence-corrected chi connectivity index (χ1v) is 6.15. The molecule has 1 aliphatic heterocycles. The Morgan fingerprint density at radius 3 is 2.80 bits per heavy atom. The van der Waals surface area contributed by atoms with Gasteiger partial charge >= 0.3 is 0 Å². The molecule has 0 radical (unpaired) electrons. The zero-order valence-electron chi connectivity index (χ0n) is 9.54. The largest absolute Gasteiger partial charge is 0.375 e. The quantitative estimate of drug-likeness (QED) is 0.798. The summed E-state index contributed by atoms with van der Waals surface area (Å²) in [6.07, 6.45) is 1.70. The second-order valence-corrected chi connectivity index (χ2v) is 5.84. The van der Waals surface area contributed by atoms with Crippen molar-refractivity contribution < 1.29 is 4.74 Å². The molecule has 1 aliphatic rings. The van der Waals surface area contributed by atoms with Crippen LogP contribution in [-0.4, -0.2) is 17.2 Å². The van der Waals surface area contributed by atoms with Crippen LogP contribution in [0.5, 0.6) is 0 Å². The summed E-state index contributed by atoms with van der Waals surface area (Å²) >= 11 is 1.66. The van der Waals surface area contributed by atoms with Gasteiger partial charge in [-0.1, -0.05) is 0 Å². The van der Waals surface area contributed by atoms with Gasteiger partial charge in [0.05, 0.1) is 11.1 Å². The van der Waals surface area contributed by atoms with Crippen LogP contribution in [0.1, 0.15) is 37.4 Å². The number of nitrogens with two attached hydrogens (primary N) is 1. The van der Waals surface area contributed by atoms with Crippen LogP contribution < -0.4 is 5.73 Å². The van der Waals surface area contributed by atoms with E-state index in [0.717, 1.165) is 30.2 Å². The molecule has 0 spiro atoms. The molecule has 0 aliphatic carbocycles. The van der Waals surface area contributed by atoms with Gasteiger partial charge in [-0.25, -0.2) is 4.98 Å². The number of rotatable bonds is 1. The van der Waals surface area contributed by atoms with Gasteiger partial charge < -0.3 is 10.5 Å². The molecule has 1 atom stereocenters. The molecule has 84 valence electrons. The van der Waals surface area contributed by atoms with Crippen molar-refractivity contribution in [3.05, 3.63) is 16.1 Å². The van der Waals surface area contributed by atoms with E-state index in [1.807, 2.05) is 6.92 Å². The lowest BCUT2D eigenvalue weighted by Crippen LogP contribution is -2.49. The van der Waals surface area contributed by atoms with Gasteiger partial charge in [0.1, 0.15) is 5.01 Å². The van der Waals surface area contributed by atoms with E-state index in [-0.39, 0.29) is 11.1 Å². The van der Waals surface area contributed by atoms with E-state index in [0.29, 0.717) is 0 Å². The summed E-state index contributed by atoms with van der Waals surface area (Å²) in [5.41, 5.74) is 7.07. The molecular formula is C11H18N2OS. The zero-order chi connectivity index (χ0) is 11.1. The first-order chi connectivity index (χ1) is 6.91. The van der Waals surface area contributed by atoms with Crippen molar-refractivity contribution in [2.45, 2.75) is 44.8 Å². The summed E-state index contributed by atoms with van der Waals surface area (Å²) in [7, 11) is 0. The SMILES string of the molecule is Cc1csc(C2(N)CCOC(C)(C)C2)n1. The van der Waals surface area contributed by atoms with Gasteiger partial charge in [-0.15, -0.1) is 11.3 Å². The van der Waals surface area contributed by atoms with Gasteiger partial charge in [-0.2, -0.15) is 0 Å². The van der Waals surface area contributed by atoms with Crippen molar-refractivity contribution in [1.29, 1.82) is 0 Å². The van der Waals surface area contributed by atoms with E-state index < -0.39 is 0 Å². The minimum absolute atomic E-state index is 0.132. The van der Waals surface area contributed by atoms with Gasteiger partial charge in [-0.3, -0.25) is 0 Å². The number of thiazole rings is 1. The van der Waals surface area contributed by atoms with Crippen LogP contribution in [0.3, 0.4) is 0 Å². The molecule has 0 saturated carbocycles. The van der Waals surface area contributed by atoms with E-state index >= 15 is 0 Å². The predicted octanol–water partition coefficient (Wildman–Crippen LogP) is 2.19. The fraction of sp³-hybridized carbons (Fsp3) is 0.727. The van der Waals surface area contributed by atoms with Crippen molar-refractivity contribution in [1.82, 2.24) is 4.98 Å². The third-order valence-electron chi connectivity index (χ3n) is 2.83. The number of ether oxygens (including phenoxy) is 1. The molecule has 15 heavy (non-hydrogen) atoms. The molecule has 0 aromatic carbocycles. The zero-order valence-corrected chi connectivity index (χ0v) is 10.4. The van der Waals surface area contributed by atoms with Crippen LogP contribution in [0.4, 0.5) is 0 Å². The van der Waals surface area contributed by atoms with E-state index in [9.17, 15) is 0 Å². The Morgan fingerprint density at radius 1 is 1.53 bits per heavy atom. The molecule has 0 amide bonds. The number of nitrogens with zero attached hydrogens (tertiary/aromatic N) is 1. The molecule has 0 bridgehead atoms. The molecule has 2 rings (SSSR count). The number of hydrogen-bond donors (Lipinski definition) is 1. The van der Waals surface area contributed by atoms with Crippen LogP contribution in [0.15, 0.2) is 5.38 Å². The Bertz CT molecular complexity index is 361. The molecule has 2 N–H and O–H groups in total. The third kappa shape index (κ3) is 2.22. The van der Waals surface area contributed by atoms with Crippen LogP contribution in [-0.2, 0) is 10.3 Å². The molecule has 1 saturated heterocycles. The van der Waals surface area contributed by atoms with E-state index in [1.54, 1.807) is 11.3 Å². The lowest BCUT2D eigenvalue weighted by molar-refractivity contribution is -0.0813. The second-order valence-electron chi connectivity index (χ2n) is 4.99. The number of aromatic nitrogens is 1. The standard InChI is InChI=1S/C11H18N2OS/c1-8-6-15-9(13-8)11(12)4-5-14-10(2,3)7-11/h6H,4-5,7,12H2,1-3H3. The molecular weight excluding hydrogens is 208 g/mol. The van der Waals surface area contributed by atoms with Gasteiger partial charge in [0.15, 0.2) is 0 Å². The van der Waals surface area contributed by atoms with Crippen LogP contribution in [0, 0.1) is 6.92 Å². The fourth-order valence-electron chi connectivity index (χ4n) is 2.17.